The molecule has 40 heavy (non-hydrogen) atoms. The van der Waals surface area contributed by atoms with Crippen LogP contribution >= 0.6 is 0 Å². The molecule has 200 valence electrons. The molecule has 8 N–H and O–H groups in total. The van der Waals surface area contributed by atoms with E-state index in [1.807, 2.05) is 0 Å². The molecule has 2 aromatic heterocycles. The van der Waals surface area contributed by atoms with Gasteiger partial charge < -0.3 is 40.6 Å². The molecule has 0 aliphatic carbocycles. The average Bonchev–Trinajstić information content (AvgIpc) is 3.55. The highest BCUT2D eigenvalue weighted by molar-refractivity contribution is 5.94. The van der Waals surface area contributed by atoms with Crippen LogP contribution in [-0.2, 0) is 0 Å². The second-order valence-corrected chi connectivity index (χ2v) is 8.65. The number of benzene rings is 4. The smallest absolute Gasteiger partial charge is 0.335 e. The van der Waals surface area contributed by atoms with E-state index in [0.717, 1.165) is 0 Å². The molecule has 0 unspecified atom stereocenters. The number of phenolic OH excluding ortho intramolecular Hbond substituents is 4. The van der Waals surface area contributed by atoms with Crippen molar-refractivity contribution in [3.63, 3.8) is 0 Å². The standard InChI is InChI=1S/2C14H10N2O4/c2*17-11-4-2-7(6-12(11)18)13-15-9-3-1-8(14(19)20)5-10(9)16-13/h2*1-6,17-18H,(H,15,16)(H,19,20). The number of fused-ring (bicyclic) bond motifs is 2. The summed E-state index contributed by atoms with van der Waals surface area (Å²) in [4.78, 5) is 36.4. The zero-order valence-electron chi connectivity index (χ0n) is 20.3. The number of aromatic hydroxyl groups is 4. The summed E-state index contributed by atoms with van der Waals surface area (Å²) < 4.78 is 0. The number of carboxylic acid groups (broad SMARTS) is 2. The van der Waals surface area contributed by atoms with Crippen molar-refractivity contribution in [3.8, 4) is 45.8 Å². The fourth-order valence-electron chi connectivity index (χ4n) is 3.90. The van der Waals surface area contributed by atoms with Crippen LogP contribution < -0.4 is 0 Å². The Balaban J connectivity index is 0.000000161. The minimum atomic E-state index is -1.01. The van der Waals surface area contributed by atoms with Crippen molar-refractivity contribution in [3.05, 3.63) is 83.9 Å². The van der Waals surface area contributed by atoms with Crippen LogP contribution in [0, 0.1) is 0 Å². The highest BCUT2D eigenvalue weighted by Gasteiger charge is 2.12. The maximum atomic E-state index is 10.9. The number of carboxylic acids is 2. The predicted octanol–water partition coefficient (Wildman–Crippen LogP) is 4.68. The van der Waals surface area contributed by atoms with Gasteiger partial charge in [0.15, 0.2) is 23.0 Å². The fraction of sp³-hybridized carbons (Fsp3) is 0. The monoisotopic (exact) mass is 540 g/mol. The molecule has 0 aliphatic heterocycles. The van der Waals surface area contributed by atoms with Crippen molar-refractivity contribution in [2.24, 2.45) is 0 Å². The summed E-state index contributed by atoms with van der Waals surface area (Å²) in [5, 5.41) is 55.4. The van der Waals surface area contributed by atoms with Gasteiger partial charge in [0.25, 0.3) is 0 Å². The number of aromatic nitrogens is 4. The highest BCUT2D eigenvalue weighted by Crippen LogP contribution is 2.31. The van der Waals surface area contributed by atoms with Crippen LogP contribution in [0.4, 0.5) is 0 Å². The third-order valence-corrected chi connectivity index (χ3v) is 5.96. The average molecular weight is 540 g/mol. The maximum absolute atomic E-state index is 10.9. The third-order valence-electron chi connectivity index (χ3n) is 5.96. The van der Waals surface area contributed by atoms with Gasteiger partial charge in [-0.2, -0.15) is 0 Å². The summed E-state index contributed by atoms with van der Waals surface area (Å²) in [6, 6.07) is 17.8. The van der Waals surface area contributed by atoms with Gasteiger partial charge in [-0.15, -0.1) is 0 Å². The van der Waals surface area contributed by atoms with Crippen molar-refractivity contribution < 1.29 is 40.2 Å². The van der Waals surface area contributed by atoms with Gasteiger partial charge in [0.2, 0.25) is 0 Å². The Labute approximate surface area is 224 Å². The van der Waals surface area contributed by atoms with Gasteiger partial charge in [0, 0.05) is 11.1 Å². The first-order valence-corrected chi connectivity index (χ1v) is 11.6. The number of nitrogens with one attached hydrogen (secondary N) is 2. The molecular formula is C28H20N4O8. The molecule has 12 heteroatoms. The lowest BCUT2D eigenvalue weighted by atomic mass is 10.2. The lowest BCUT2D eigenvalue weighted by Gasteiger charge is -1.99. The lowest BCUT2D eigenvalue weighted by molar-refractivity contribution is 0.0686. The quantitative estimate of drug-likeness (QED) is 0.145. The highest BCUT2D eigenvalue weighted by atomic mass is 16.4. The van der Waals surface area contributed by atoms with Crippen LogP contribution in [0.2, 0.25) is 0 Å². The van der Waals surface area contributed by atoms with Crippen molar-refractivity contribution >= 4 is 34.0 Å². The number of aromatic amines is 2. The van der Waals surface area contributed by atoms with E-state index in [4.69, 9.17) is 10.2 Å². The minimum Gasteiger partial charge on any atom is -0.504 e. The number of hydrogen-bond donors (Lipinski definition) is 8. The van der Waals surface area contributed by atoms with Gasteiger partial charge in [0.1, 0.15) is 11.6 Å². The molecule has 6 rings (SSSR count). The summed E-state index contributed by atoms with van der Waals surface area (Å²) in [6.45, 7) is 0. The molecule has 0 aliphatic rings. The van der Waals surface area contributed by atoms with Gasteiger partial charge in [-0.05, 0) is 72.8 Å². The Morgan fingerprint density at radius 2 is 0.925 bits per heavy atom. The zero-order chi connectivity index (χ0) is 28.6. The molecular weight excluding hydrogens is 520 g/mol. The first-order chi connectivity index (χ1) is 19.1. The summed E-state index contributed by atoms with van der Waals surface area (Å²) in [6.07, 6.45) is 0. The third kappa shape index (κ3) is 5.04. The van der Waals surface area contributed by atoms with Crippen molar-refractivity contribution in [2.45, 2.75) is 0 Å². The van der Waals surface area contributed by atoms with Crippen molar-refractivity contribution in [1.82, 2.24) is 19.9 Å². The molecule has 0 bridgehead atoms. The normalized spacial score (nSPS) is 10.8. The molecule has 0 spiro atoms. The van der Waals surface area contributed by atoms with Crippen molar-refractivity contribution in [2.75, 3.05) is 0 Å². The van der Waals surface area contributed by atoms with Crippen molar-refractivity contribution in [1.29, 1.82) is 0 Å². The Hall–Kier alpha value is -6.04. The first kappa shape index (κ1) is 25.6. The van der Waals surface area contributed by atoms with E-state index in [9.17, 15) is 30.0 Å². The second-order valence-electron chi connectivity index (χ2n) is 8.65. The number of H-pyrrole nitrogens is 2. The van der Waals surface area contributed by atoms with Crippen LogP contribution in [0.3, 0.4) is 0 Å². The SMILES string of the molecule is O=C(O)c1ccc2nc(-c3ccc(O)c(O)c3)[nH]c2c1.O=C(O)c1ccc2nc(-c3ccc(O)c(O)c3)[nH]c2c1. The largest absolute Gasteiger partial charge is 0.504 e. The Kier molecular flexibility index (Phi) is 6.41. The number of rotatable bonds is 4. The Morgan fingerprint density at radius 3 is 1.27 bits per heavy atom. The predicted molar refractivity (Wildman–Crippen MR) is 144 cm³/mol. The fourth-order valence-corrected chi connectivity index (χ4v) is 3.90. The van der Waals surface area contributed by atoms with E-state index in [1.165, 1.54) is 48.5 Å². The van der Waals surface area contributed by atoms with E-state index in [2.05, 4.69) is 19.9 Å². The molecule has 0 saturated carbocycles. The maximum Gasteiger partial charge on any atom is 0.335 e. The number of hydrogen-bond acceptors (Lipinski definition) is 8. The summed E-state index contributed by atoms with van der Waals surface area (Å²) in [7, 11) is 0. The van der Waals surface area contributed by atoms with E-state index in [-0.39, 0.29) is 34.1 Å². The molecule has 0 fully saturated rings. The molecule has 0 amide bonds. The van der Waals surface area contributed by atoms with Crippen LogP contribution in [0.15, 0.2) is 72.8 Å². The van der Waals surface area contributed by atoms with Gasteiger partial charge in [-0.3, -0.25) is 0 Å². The first-order valence-electron chi connectivity index (χ1n) is 11.6. The molecule has 6 aromatic rings. The van der Waals surface area contributed by atoms with Gasteiger partial charge >= 0.3 is 11.9 Å². The molecule has 0 atom stereocenters. The van der Waals surface area contributed by atoms with Gasteiger partial charge in [0.05, 0.1) is 33.2 Å². The summed E-state index contributed by atoms with van der Waals surface area (Å²) in [5.74, 6) is -1.95. The number of phenols is 4. The molecule has 12 nitrogen and oxygen atoms in total. The van der Waals surface area contributed by atoms with Crippen LogP contribution in [0.5, 0.6) is 23.0 Å². The summed E-state index contributed by atoms with van der Waals surface area (Å²) >= 11 is 0. The number of nitrogens with zero attached hydrogens (tertiary/aromatic N) is 2. The minimum absolute atomic E-state index is 0.168. The number of imidazole rings is 2. The van der Waals surface area contributed by atoms with Gasteiger partial charge in [-0.25, -0.2) is 19.6 Å². The van der Waals surface area contributed by atoms with E-state index < -0.39 is 11.9 Å². The molecule has 0 radical (unpaired) electrons. The molecule has 2 heterocycles. The Morgan fingerprint density at radius 1 is 0.525 bits per heavy atom. The Bertz CT molecular complexity index is 1790. The zero-order valence-corrected chi connectivity index (χ0v) is 20.3. The van der Waals surface area contributed by atoms with Crippen LogP contribution in [0.25, 0.3) is 44.8 Å². The number of aromatic carboxylic acids is 2. The molecule has 4 aromatic carbocycles. The van der Waals surface area contributed by atoms with Crippen LogP contribution in [0.1, 0.15) is 20.7 Å². The lowest BCUT2D eigenvalue weighted by Crippen LogP contribution is -1.94. The van der Waals surface area contributed by atoms with Crippen LogP contribution in [-0.4, -0.2) is 62.5 Å². The number of carbonyl (C=O) groups is 2. The molecule has 0 saturated heterocycles. The second kappa shape index (κ2) is 10.0. The van der Waals surface area contributed by atoms with E-state index in [1.54, 1.807) is 24.3 Å². The van der Waals surface area contributed by atoms with E-state index in [0.29, 0.717) is 44.8 Å². The van der Waals surface area contributed by atoms with Gasteiger partial charge in [-0.1, -0.05) is 0 Å². The topological polar surface area (TPSA) is 213 Å². The van der Waals surface area contributed by atoms with E-state index >= 15 is 0 Å². The summed E-state index contributed by atoms with van der Waals surface area (Å²) in [5.41, 5.74) is 3.94.